The first-order valence-corrected chi connectivity index (χ1v) is 5.69. The van der Waals surface area contributed by atoms with Crippen molar-refractivity contribution in [2.45, 2.75) is 0 Å². The van der Waals surface area contributed by atoms with Crippen LogP contribution in [0, 0.1) is 0 Å². The van der Waals surface area contributed by atoms with Crippen LogP contribution in [0.3, 0.4) is 0 Å². The first-order valence-electron chi connectivity index (χ1n) is 5.31. The smallest absolute Gasteiger partial charge is 0.255 e. The molecule has 0 spiro atoms. The SMILES string of the molecule is O=Cc1cccc(NC(=O)c2cccc(Cl)c2)c1. The van der Waals surface area contributed by atoms with E-state index >= 15 is 0 Å². The average molecular weight is 260 g/mol. The van der Waals surface area contributed by atoms with E-state index in [1.165, 1.54) is 0 Å². The highest BCUT2D eigenvalue weighted by Crippen LogP contribution is 2.14. The van der Waals surface area contributed by atoms with Gasteiger partial charge in [-0.1, -0.05) is 29.8 Å². The highest BCUT2D eigenvalue weighted by Gasteiger charge is 2.06. The lowest BCUT2D eigenvalue weighted by Gasteiger charge is -2.05. The van der Waals surface area contributed by atoms with E-state index < -0.39 is 0 Å². The molecule has 4 heteroatoms. The van der Waals surface area contributed by atoms with Crippen molar-refractivity contribution in [1.29, 1.82) is 0 Å². The Labute approximate surface area is 109 Å². The van der Waals surface area contributed by atoms with Crippen molar-refractivity contribution in [3.63, 3.8) is 0 Å². The third-order valence-electron chi connectivity index (χ3n) is 2.37. The number of amides is 1. The summed E-state index contributed by atoms with van der Waals surface area (Å²) in [5.41, 5.74) is 1.56. The maximum Gasteiger partial charge on any atom is 0.255 e. The van der Waals surface area contributed by atoms with Gasteiger partial charge in [0.15, 0.2) is 0 Å². The summed E-state index contributed by atoms with van der Waals surface area (Å²) in [5, 5.41) is 3.21. The number of rotatable bonds is 3. The predicted molar refractivity (Wildman–Crippen MR) is 71.2 cm³/mol. The lowest BCUT2D eigenvalue weighted by molar-refractivity contribution is 0.102. The van der Waals surface area contributed by atoms with Crippen LogP contribution in [0.15, 0.2) is 48.5 Å². The summed E-state index contributed by atoms with van der Waals surface area (Å²) in [5.74, 6) is -0.263. The summed E-state index contributed by atoms with van der Waals surface area (Å²) >= 11 is 5.81. The number of hydrogen-bond donors (Lipinski definition) is 1. The van der Waals surface area contributed by atoms with E-state index in [0.29, 0.717) is 21.8 Å². The molecule has 0 heterocycles. The lowest BCUT2D eigenvalue weighted by Crippen LogP contribution is -2.11. The Morgan fingerprint density at radius 1 is 1.11 bits per heavy atom. The number of hydrogen-bond acceptors (Lipinski definition) is 2. The Bertz CT molecular complexity index is 596. The highest BCUT2D eigenvalue weighted by molar-refractivity contribution is 6.31. The Hall–Kier alpha value is -2.13. The minimum Gasteiger partial charge on any atom is -0.322 e. The normalized spacial score (nSPS) is 9.83. The largest absolute Gasteiger partial charge is 0.322 e. The summed E-state index contributed by atoms with van der Waals surface area (Å²) < 4.78 is 0. The van der Waals surface area contributed by atoms with Crippen LogP contribution in [-0.2, 0) is 0 Å². The standard InChI is InChI=1S/C14H10ClNO2/c15-12-5-2-4-11(8-12)14(18)16-13-6-1-3-10(7-13)9-17/h1-9H,(H,16,18). The van der Waals surface area contributed by atoms with Gasteiger partial charge in [-0.3, -0.25) is 9.59 Å². The summed E-state index contributed by atoms with van der Waals surface area (Å²) in [7, 11) is 0. The predicted octanol–water partition coefficient (Wildman–Crippen LogP) is 3.40. The molecular weight excluding hydrogens is 250 g/mol. The van der Waals surface area contributed by atoms with Gasteiger partial charge in [0.2, 0.25) is 0 Å². The van der Waals surface area contributed by atoms with Crippen LogP contribution in [0.4, 0.5) is 5.69 Å². The molecule has 0 saturated heterocycles. The van der Waals surface area contributed by atoms with Crippen LogP contribution in [0.2, 0.25) is 5.02 Å². The maximum absolute atomic E-state index is 11.9. The fourth-order valence-electron chi connectivity index (χ4n) is 1.52. The molecule has 1 N–H and O–H groups in total. The number of carbonyl (C=O) groups is 2. The number of nitrogens with one attached hydrogen (secondary N) is 1. The van der Waals surface area contributed by atoms with Crippen LogP contribution < -0.4 is 5.32 Å². The molecule has 2 rings (SSSR count). The molecular formula is C14H10ClNO2. The third kappa shape index (κ3) is 2.96. The van der Waals surface area contributed by atoms with Gasteiger partial charge in [0.1, 0.15) is 6.29 Å². The molecule has 0 aliphatic heterocycles. The molecule has 90 valence electrons. The molecule has 3 nitrogen and oxygen atoms in total. The van der Waals surface area contributed by atoms with E-state index in [0.717, 1.165) is 6.29 Å². The molecule has 2 aromatic rings. The van der Waals surface area contributed by atoms with Crippen LogP contribution in [-0.4, -0.2) is 12.2 Å². The monoisotopic (exact) mass is 259 g/mol. The fraction of sp³-hybridized carbons (Fsp3) is 0. The van der Waals surface area contributed by atoms with Crippen molar-refractivity contribution in [3.05, 3.63) is 64.7 Å². The van der Waals surface area contributed by atoms with Gasteiger partial charge in [0.25, 0.3) is 5.91 Å². The summed E-state index contributed by atoms with van der Waals surface area (Å²) in [6.07, 6.45) is 0.731. The minimum atomic E-state index is -0.263. The number of carbonyl (C=O) groups excluding carboxylic acids is 2. The lowest BCUT2D eigenvalue weighted by atomic mass is 10.2. The Morgan fingerprint density at radius 3 is 2.61 bits per heavy atom. The van der Waals surface area contributed by atoms with Crippen molar-refractivity contribution in [1.82, 2.24) is 0 Å². The van der Waals surface area contributed by atoms with Crippen LogP contribution in [0.1, 0.15) is 20.7 Å². The van der Waals surface area contributed by atoms with Gasteiger partial charge in [-0.05, 0) is 30.3 Å². The van der Waals surface area contributed by atoms with E-state index in [1.807, 2.05) is 0 Å². The Balaban J connectivity index is 2.18. The quantitative estimate of drug-likeness (QED) is 0.859. The summed E-state index contributed by atoms with van der Waals surface area (Å²) in [4.78, 5) is 22.5. The van der Waals surface area contributed by atoms with E-state index in [-0.39, 0.29) is 5.91 Å². The van der Waals surface area contributed by atoms with E-state index in [2.05, 4.69) is 5.32 Å². The zero-order chi connectivity index (χ0) is 13.0. The molecule has 0 aliphatic rings. The molecule has 0 saturated carbocycles. The van der Waals surface area contributed by atoms with Gasteiger partial charge < -0.3 is 5.32 Å². The molecule has 18 heavy (non-hydrogen) atoms. The molecule has 0 aliphatic carbocycles. The van der Waals surface area contributed by atoms with Crippen LogP contribution in [0.5, 0.6) is 0 Å². The molecule has 0 aromatic heterocycles. The second kappa shape index (κ2) is 5.47. The first-order chi connectivity index (χ1) is 8.69. The molecule has 0 fully saturated rings. The second-order valence-corrected chi connectivity index (χ2v) is 4.14. The molecule has 2 aromatic carbocycles. The van der Waals surface area contributed by atoms with Gasteiger partial charge in [0.05, 0.1) is 0 Å². The maximum atomic E-state index is 11.9. The Kier molecular flexibility index (Phi) is 3.75. The molecule has 0 atom stereocenters. The van der Waals surface area contributed by atoms with Crippen LogP contribution in [0.25, 0.3) is 0 Å². The Morgan fingerprint density at radius 2 is 1.89 bits per heavy atom. The van der Waals surface area contributed by atoms with Gasteiger partial charge in [0, 0.05) is 21.8 Å². The van der Waals surface area contributed by atoms with E-state index in [1.54, 1.807) is 48.5 Å². The average Bonchev–Trinajstić information content (AvgIpc) is 2.39. The number of benzene rings is 2. The van der Waals surface area contributed by atoms with Crippen LogP contribution >= 0.6 is 11.6 Å². The zero-order valence-electron chi connectivity index (χ0n) is 9.39. The van der Waals surface area contributed by atoms with Gasteiger partial charge in [-0.2, -0.15) is 0 Å². The summed E-state index contributed by atoms with van der Waals surface area (Å²) in [6, 6.07) is 13.4. The highest BCUT2D eigenvalue weighted by atomic mass is 35.5. The van der Waals surface area contributed by atoms with Crippen molar-refractivity contribution in [2.24, 2.45) is 0 Å². The van der Waals surface area contributed by atoms with Gasteiger partial charge in [-0.15, -0.1) is 0 Å². The first kappa shape index (κ1) is 12.3. The second-order valence-electron chi connectivity index (χ2n) is 3.71. The van der Waals surface area contributed by atoms with E-state index in [4.69, 9.17) is 11.6 Å². The van der Waals surface area contributed by atoms with Gasteiger partial charge >= 0.3 is 0 Å². The number of aldehydes is 1. The topological polar surface area (TPSA) is 46.2 Å². The van der Waals surface area contributed by atoms with Crippen molar-refractivity contribution < 1.29 is 9.59 Å². The molecule has 0 radical (unpaired) electrons. The minimum absolute atomic E-state index is 0.263. The van der Waals surface area contributed by atoms with Crippen molar-refractivity contribution in [2.75, 3.05) is 5.32 Å². The number of halogens is 1. The zero-order valence-corrected chi connectivity index (χ0v) is 10.1. The summed E-state index contributed by atoms with van der Waals surface area (Å²) in [6.45, 7) is 0. The van der Waals surface area contributed by atoms with Gasteiger partial charge in [-0.25, -0.2) is 0 Å². The molecule has 0 unspecified atom stereocenters. The van der Waals surface area contributed by atoms with Crippen molar-refractivity contribution >= 4 is 29.5 Å². The number of anilines is 1. The third-order valence-corrected chi connectivity index (χ3v) is 2.60. The molecule has 0 bridgehead atoms. The van der Waals surface area contributed by atoms with E-state index in [9.17, 15) is 9.59 Å². The molecule has 1 amide bonds. The fourth-order valence-corrected chi connectivity index (χ4v) is 1.71. The van der Waals surface area contributed by atoms with Crippen molar-refractivity contribution in [3.8, 4) is 0 Å².